The van der Waals surface area contributed by atoms with Gasteiger partial charge in [-0.25, -0.2) is 0 Å². The van der Waals surface area contributed by atoms with Crippen LogP contribution < -0.4 is 14.8 Å². The molecule has 2 N–H and O–H groups in total. The summed E-state index contributed by atoms with van der Waals surface area (Å²) in [5, 5.41) is 12.8. The number of aliphatic hydroxyl groups is 1. The predicted molar refractivity (Wildman–Crippen MR) is 74.2 cm³/mol. The van der Waals surface area contributed by atoms with E-state index in [0.29, 0.717) is 0 Å². The molecule has 1 atom stereocenters. The van der Waals surface area contributed by atoms with Crippen LogP contribution in [0.5, 0.6) is 11.5 Å². The molecule has 0 saturated carbocycles. The molecule has 1 saturated heterocycles. The summed E-state index contributed by atoms with van der Waals surface area (Å²) in [5.41, 5.74) is 0.745. The van der Waals surface area contributed by atoms with Crippen molar-refractivity contribution in [3.05, 3.63) is 23.8 Å². The number of halogens is 3. The fraction of sp³-hybridized carbons (Fsp3) is 0.538. The fourth-order valence-electron chi connectivity index (χ4n) is 2.60. The fourth-order valence-corrected chi connectivity index (χ4v) is 2.60. The summed E-state index contributed by atoms with van der Waals surface area (Å²) < 4.78 is 34.8. The minimum atomic E-state index is -3.61. The van der Waals surface area contributed by atoms with E-state index in [0.717, 1.165) is 31.7 Å². The van der Waals surface area contributed by atoms with Crippen molar-refractivity contribution in [2.45, 2.75) is 12.3 Å². The van der Waals surface area contributed by atoms with Crippen molar-refractivity contribution in [2.24, 2.45) is 0 Å². The van der Waals surface area contributed by atoms with Gasteiger partial charge in [-0.2, -0.15) is 0 Å². The predicted octanol–water partition coefficient (Wildman–Crippen LogP) is 1.37. The summed E-state index contributed by atoms with van der Waals surface area (Å²) in [6.45, 7) is 3.22. The first kappa shape index (κ1) is 16.2. The van der Waals surface area contributed by atoms with Crippen LogP contribution in [0, 0.1) is 0 Å². The average Bonchev–Trinajstić information content (AvgIpc) is 2.74. The third-order valence-electron chi connectivity index (χ3n) is 3.58. The number of nitrogens with zero attached hydrogens (tertiary/aromatic N) is 1. The minimum absolute atomic E-state index is 0. The Balaban J connectivity index is 0.00000161. The molecule has 0 aliphatic carbocycles. The molecule has 2 aliphatic heterocycles. The zero-order valence-corrected chi connectivity index (χ0v) is 12.0. The summed E-state index contributed by atoms with van der Waals surface area (Å²) in [4.78, 5) is 2.12. The van der Waals surface area contributed by atoms with Crippen molar-refractivity contribution in [2.75, 3.05) is 32.8 Å². The Labute approximate surface area is 127 Å². The third-order valence-corrected chi connectivity index (χ3v) is 3.58. The van der Waals surface area contributed by atoms with E-state index >= 15 is 0 Å². The summed E-state index contributed by atoms with van der Waals surface area (Å²) >= 11 is 0. The van der Waals surface area contributed by atoms with Gasteiger partial charge in [0.25, 0.3) is 0 Å². The molecule has 0 aromatic heterocycles. The Hall–Kier alpha value is -1.15. The largest absolute Gasteiger partial charge is 0.586 e. The highest BCUT2D eigenvalue weighted by Crippen LogP contribution is 2.42. The van der Waals surface area contributed by atoms with Crippen LogP contribution in [0.2, 0.25) is 0 Å². The van der Waals surface area contributed by atoms with Crippen LogP contribution in [-0.4, -0.2) is 49.1 Å². The number of nitrogens with one attached hydrogen (secondary N) is 1. The zero-order valence-electron chi connectivity index (χ0n) is 11.2. The molecule has 0 amide bonds. The molecular formula is C13H17ClF2N2O3. The van der Waals surface area contributed by atoms with Gasteiger partial charge in [0.05, 0.1) is 12.6 Å². The van der Waals surface area contributed by atoms with Crippen LogP contribution in [0.1, 0.15) is 11.6 Å². The lowest BCUT2D eigenvalue weighted by molar-refractivity contribution is -0.286. The first-order valence-corrected chi connectivity index (χ1v) is 6.54. The van der Waals surface area contributed by atoms with E-state index < -0.39 is 6.29 Å². The molecule has 0 bridgehead atoms. The van der Waals surface area contributed by atoms with Crippen molar-refractivity contribution in [3.8, 4) is 11.5 Å². The maximum Gasteiger partial charge on any atom is 0.586 e. The van der Waals surface area contributed by atoms with Crippen molar-refractivity contribution >= 4 is 12.4 Å². The molecule has 21 heavy (non-hydrogen) atoms. The van der Waals surface area contributed by atoms with Gasteiger partial charge in [0.1, 0.15) is 0 Å². The van der Waals surface area contributed by atoms with Gasteiger partial charge in [0.15, 0.2) is 11.5 Å². The zero-order chi connectivity index (χ0) is 14.2. The Kier molecular flexibility index (Phi) is 4.88. The van der Waals surface area contributed by atoms with E-state index in [1.807, 2.05) is 0 Å². The highest BCUT2D eigenvalue weighted by atomic mass is 35.5. The van der Waals surface area contributed by atoms with E-state index in [2.05, 4.69) is 19.7 Å². The second kappa shape index (κ2) is 6.31. The standard InChI is InChI=1S/C13H16F2N2O3.ClH/c14-13(15)19-11-2-1-9(7-12(11)20-13)10(8-18)17-5-3-16-4-6-17;/h1-2,7,10,16,18H,3-6,8H2;1H/t10-;/m0./s1. The van der Waals surface area contributed by atoms with Gasteiger partial charge < -0.3 is 19.9 Å². The number of benzene rings is 1. The van der Waals surface area contributed by atoms with Crippen LogP contribution in [-0.2, 0) is 0 Å². The van der Waals surface area contributed by atoms with Gasteiger partial charge in [-0.05, 0) is 17.7 Å². The second-order valence-electron chi connectivity index (χ2n) is 4.86. The lowest BCUT2D eigenvalue weighted by Crippen LogP contribution is -2.46. The number of piperazine rings is 1. The maximum atomic E-state index is 13.0. The summed E-state index contributed by atoms with van der Waals surface area (Å²) in [6.07, 6.45) is -3.61. The minimum Gasteiger partial charge on any atom is -0.395 e. The number of fused-ring (bicyclic) bond motifs is 1. The quantitative estimate of drug-likeness (QED) is 0.880. The Morgan fingerprint density at radius 1 is 1.24 bits per heavy atom. The highest BCUT2D eigenvalue weighted by molar-refractivity contribution is 5.85. The summed E-state index contributed by atoms with van der Waals surface area (Å²) in [6, 6.07) is 4.43. The summed E-state index contributed by atoms with van der Waals surface area (Å²) in [7, 11) is 0. The Morgan fingerprint density at radius 3 is 2.57 bits per heavy atom. The van der Waals surface area contributed by atoms with Crippen molar-refractivity contribution in [1.82, 2.24) is 10.2 Å². The van der Waals surface area contributed by atoms with E-state index in [1.54, 1.807) is 6.07 Å². The molecule has 0 radical (unpaired) electrons. The number of alkyl halides is 2. The third kappa shape index (κ3) is 3.37. The molecule has 2 aliphatic rings. The van der Waals surface area contributed by atoms with Gasteiger partial charge >= 0.3 is 6.29 Å². The lowest BCUT2D eigenvalue weighted by Gasteiger charge is -2.34. The van der Waals surface area contributed by atoms with E-state index in [9.17, 15) is 13.9 Å². The molecule has 1 fully saturated rings. The topological polar surface area (TPSA) is 54.0 Å². The van der Waals surface area contributed by atoms with Crippen molar-refractivity contribution in [1.29, 1.82) is 0 Å². The van der Waals surface area contributed by atoms with E-state index in [1.165, 1.54) is 12.1 Å². The lowest BCUT2D eigenvalue weighted by atomic mass is 10.0. The summed E-state index contributed by atoms with van der Waals surface area (Å²) in [5.74, 6) is 0.0387. The Bertz CT molecular complexity index is 498. The molecule has 8 heteroatoms. The number of ether oxygens (including phenoxy) is 2. The van der Waals surface area contributed by atoms with Crippen molar-refractivity contribution < 1.29 is 23.4 Å². The first-order valence-electron chi connectivity index (χ1n) is 6.54. The van der Waals surface area contributed by atoms with Crippen LogP contribution in [0.3, 0.4) is 0 Å². The molecule has 3 rings (SSSR count). The van der Waals surface area contributed by atoms with Gasteiger partial charge in [-0.1, -0.05) is 6.07 Å². The molecule has 118 valence electrons. The molecule has 0 unspecified atom stereocenters. The molecule has 0 spiro atoms. The molecule has 5 nitrogen and oxygen atoms in total. The number of hydrogen-bond acceptors (Lipinski definition) is 5. The number of hydrogen-bond donors (Lipinski definition) is 2. The van der Waals surface area contributed by atoms with Gasteiger partial charge in [-0.3, -0.25) is 4.90 Å². The van der Waals surface area contributed by atoms with Gasteiger partial charge in [0, 0.05) is 26.2 Å². The molecule has 2 heterocycles. The van der Waals surface area contributed by atoms with Crippen LogP contribution in [0.4, 0.5) is 8.78 Å². The van der Waals surface area contributed by atoms with E-state index in [4.69, 9.17) is 0 Å². The van der Waals surface area contributed by atoms with Crippen LogP contribution in [0.25, 0.3) is 0 Å². The van der Waals surface area contributed by atoms with E-state index in [-0.39, 0.29) is 36.6 Å². The smallest absolute Gasteiger partial charge is 0.395 e. The normalized spacial score (nSPS) is 21.7. The SMILES string of the molecule is Cl.OC[C@@H](c1ccc2c(c1)OC(F)(F)O2)N1CCNCC1. The molecule has 1 aromatic carbocycles. The number of aliphatic hydroxyl groups excluding tert-OH is 1. The van der Waals surface area contributed by atoms with Gasteiger partial charge in [-0.15, -0.1) is 21.2 Å². The molecular weight excluding hydrogens is 306 g/mol. The Morgan fingerprint density at radius 2 is 1.90 bits per heavy atom. The first-order chi connectivity index (χ1) is 9.59. The second-order valence-corrected chi connectivity index (χ2v) is 4.86. The molecule has 1 aromatic rings. The average molecular weight is 323 g/mol. The number of rotatable bonds is 3. The van der Waals surface area contributed by atoms with Gasteiger partial charge in [0.2, 0.25) is 0 Å². The highest BCUT2D eigenvalue weighted by Gasteiger charge is 2.43. The van der Waals surface area contributed by atoms with Crippen LogP contribution in [0.15, 0.2) is 18.2 Å². The monoisotopic (exact) mass is 322 g/mol. The van der Waals surface area contributed by atoms with Crippen LogP contribution >= 0.6 is 12.4 Å². The maximum absolute atomic E-state index is 13.0. The van der Waals surface area contributed by atoms with Crippen molar-refractivity contribution in [3.63, 3.8) is 0 Å².